The first-order valence-electron chi connectivity index (χ1n) is 9.96. The molecule has 2 aliphatic rings. The van der Waals surface area contributed by atoms with Crippen molar-refractivity contribution in [3.05, 3.63) is 65.4 Å². The number of hydrogen-bond donors (Lipinski definition) is 1. The number of allylic oxidation sites excluding steroid dienone is 2. The molecule has 0 saturated carbocycles. The number of nitrogens with one attached hydrogen (secondary N) is 1. The monoisotopic (exact) mass is 402 g/mol. The van der Waals surface area contributed by atoms with E-state index in [9.17, 15) is 4.79 Å². The largest absolute Gasteiger partial charge is 0.497 e. The summed E-state index contributed by atoms with van der Waals surface area (Å²) in [7, 11) is 3.28. The fourth-order valence-corrected chi connectivity index (χ4v) is 4.11. The summed E-state index contributed by atoms with van der Waals surface area (Å²) in [5.74, 6) is 2.96. The standard InChI is InChI=1S/C23H22N4O3/c1-29-16-10-6-14(7-11-16)21-20-18(4-3-5-19(20)28)24-23-25-22(26-27(21)23)15-8-12-17(30-2)13-9-15/h6-13,21H,3-5H2,1-2H3,(H,24,25,26)/t21-/m1/s1. The molecule has 5 rings (SSSR count). The van der Waals surface area contributed by atoms with E-state index in [-0.39, 0.29) is 11.8 Å². The molecule has 0 fully saturated rings. The molecule has 0 amide bonds. The van der Waals surface area contributed by atoms with E-state index >= 15 is 0 Å². The molecule has 0 bridgehead atoms. The van der Waals surface area contributed by atoms with Crippen LogP contribution in [0.4, 0.5) is 5.95 Å². The Hall–Kier alpha value is -3.61. The second-order valence-electron chi connectivity index (χ2n) is 7.40. The number of rotatable bonds is 4. The Balaban J connectivity index is 1.62. The fraction of sp³-hybridized carbons (Fsp3) is 0.261. The van der Waals surface area contributed by atoms with Gasteiger partial charge >= 0.3 is 0 Å². The summed E-state index contributed by atoms with van der Waals surface area (Å²) in [6, 6.07) is 15.1. The molecule has 0 spiro atoms. The second kappa shape index (κ2) is 7.33. The molecule has 1 atom stereocenters. The van der Waals surface area contributed by atoms with Crippen molar-refractivity contribution in [3.8, 4) is 22.9 Å². The first-order valence-corrected chi connectivity index (χ1v) is 9.96. The number of benzene rings is 2. The minimum absolute atomic E-state index is 0.164. The van der Waals surface area contributed by atoms with Gasteiger partial charge in [0.05, 0.1) is 14.2 Å². The first-order chi connectivity index (χ1) is 14.7. The highest BCUT2D eigenvalue weighted by Gasteiger charge is 2.36. The Morgan fingerprint density at radius 2 is 1.63 bits per heavy atom. The van der Waals surface area contributed by atoms with E-state index in [0.29, 0.717) is 18.2 Å². The molecule has 0 unspecified atom stereocenters. The summed E-state index contributed by atoms with van der Waals surface area (Å²) in [5.41, 5.74) is 3.60. The van der Waals surface area contributed by atoms with Crippen molar-refractivity contribution < 1.29 is 14.3 Å². The van der Waals surface area contributed by atoms with Crippen LogP contribution in [0.5, 0.6) is 11.5 Å². The van der Waals surface area contributed by atoms with Crippen LogP contribution >= 0.6 is 0 Å². The molecule has 7 nitrogen and oxygen atoms in total. The predicted octanol–water partition coefficient (Wildman–Crippen LogP) is 3.98. The van der Waals surface area contributed by atoms with Crippen LogP contribution in [0, 0.1) is 0 Å². The normalized spacial score (nSPS) is 17.8. The number of ketones is 1. The highest BCUT2D eigenvalue weighted by Crippen LogP contribution is 2.41. The van der Waals surface area contributed by atoms with Gasteiger partial charge in [0.25, 0.3) is 0 Å². The summed E-state index contributed by atoms with van der Waals surface area (Å²) in [6.07, 6.45) is 2.24. The van der Waals surface area contributed by atoms with Crippen molar-refractivity contribution in [2.75, 3.05) is 19.5 Å². The van der Waals surface area contributed by atoms with Gasteiger partial charge in [-0.1, -0.05) is 12.1 Å². The zero-order valence-corrected chi connectivity index (χ0v) is 16.9. The van der Waals surface area contributed by atoms with Crippen molar-refractivity contribution >= 4 is 11.7 Å². The van der Waals surface area contributed by atoms with Crippen molar-refractivity contribution in [1.82, 2.24) is 14.8 Å². The summed E-state index contributed by atoms with van der Waals surface area (Å²) >= 11 is 0. The number of nitrogens with zero attached hydrogens (tertiary/aromatic N) is 3. The number of fused-ring (bicyclic) bond motifs is 1. The van der Waals surface area contributed by atoms with Gasteiger partial charge in [-0.15, -0.1) is 5.10 Å². The van der Waals surface area contributed by atoms with Crippen LogP contribution in [0.15, 0.2) is 59.8 Å². The number of aromatic nitrogens is 3. The van der Waals surface area contributed by atoms with Crippen molar-refractivity contribution in [3.63, 3.8) is 0 Å². The van der Waals surface area contributed by atoms with Crippen LogP contribution < -0.4 is 14.8 Å². The van der Waals surface area contributed by atoms with Crippen LogP contribution in [-0.4, -0.2) is 34.8 Å². The lowest BCUT2D eigenvalue weighted by atomic mass is 9.85. The second-order valence-corrected chi connectivity index (χ2v) is 7.40. The zero-order valence-electron chi connectivity index (χ0n) is 16.9. The average molecular weight is 402 g/mol. The Morgan fingerprint density at radius 3 is 2.30 bits per heavy atom. The van der Waals surface area contributed by atoms with E-state index in [1.165, 1.54) is 0 Å². The summed E-state index contributed by atoms with van der Waals surface area (Å²) in [6.45, 7) is 0. The van der Waals surface area contributed by atoms with Crippen LogP contribution in [0.2, 0.25) is 0 Å². The molecule has 2 heterocycles. The SMILES string of the molecule is COc1ccc(-c2nc3n(n2)[C@H](c2ccc(OC)cc2)C2=C(CCCC2=O)N3)cc1. The van der Waals surface area contributed by atoms with E-state index in [1.807, 2.05) is 53.2 Å². The number of hydrogen-bond acceptors (Lipinski definition) is 6. The van der Waals surface area contributed by atoms with E-state index in [4.69, 9.17) is 19.6 Å². The number of methoxy groups -OCH3 is 2. The number of carbonyl (C=O) groups excluding carboxylic acids is 1. The highest BCUT2D eigenvalue weighted by molar-refractivity contribution is 5.99. The van der Waals surface area contributed by atoms with Crippen LogP contribution in [0.1, 0.15) is 30.9 Å². The Kier molecular flexibility index (Phi) is 4.50. The lowest BCUT2D eigenvalue weighted by Crippen LogP contribution is -2.31. The molecule has 0 radical (unpaired) electrons. The smallest absolute Gasteiger partial charge is 0.226 e. The maximum absolute atomic E-state index is 12.9. The molecule has 152 valence electrons. The average Bonchev–Trinajstić information content (AvgIpc) is 3.22. The minimum atomic E-state index is -0.311. The molecule has 7 heteroatoms. The summed E-state index contributed by atoms with van der Waals surface area (Å²) in [5, 5.41) is 8.15. The van der Waals surface area contributed by atoms with Gasteiger partial charge in [-0.05, 0) is 54.8 Å². The van der Waals surface area contributed by atoms with E-state index in [0.717, 1.165) is 46.7 Å². The lowest BCUT2D eigenvalue weighted by Gasteiger charge is -2.32. The van der Waals surface area contributed by atoms with Gasteiger partial charge in [-0.3, -0.25) is 4.79 Å². The van der Waals surface area contributed by atoms with Gasteiger partial charge in [0.2, 0.25) is 5.95 Å². The van der Waals surface area contributed by atoms with E-state index in [1.54, 1.807) is 14.2 Å². The number of anilines is 1. The molecule has 1 N–H and O–H groups in total. The first kappa shape index (κ1) is 18.4. The number of carbonyl (C=O) groups is 1. The third kappa shape index (κ3) is 3.03. The topological polar surface area (TPSA) is 78.3 Å². The van der Waals surface area contributed by atoms with E-state index in [2.05, 4.69) is 5.32 Å². The van der Waals surface area contributed by atoms with Gasteiger partial charge in [0.1, 0.15) is 17.5 Å². The van der Waals surface area contributed by atoms with Crippen molar-refractivity contribution in [1.29, 1.82) is 0 Å². The summed E-state index contributed by atoms with van der Waals surface area (Å²) in [4.78, 5) is 17.6. The van der Waals surface area contributed by atoms with Crippen LogP contribution in [-0.2, 0) is 4.79 Å². The molecular formula is C23H22N4O3. The van der Waals surface area contributed by atoms with E-state index < -0.39 is 0 Å². The van der Waals surface area contributed by atoms with Gasteiger partial charge in [0, 0.05) is 23.3 Å². The maximum Gasteiger partial charge on any atom is 0.226 e. The van der Waals surface area contributed by atoms with Gasteiger partial charge < -0.3 is 14.8 Å². The third-order valence-corrected chi connectivity index (χ3v) is 5.65. The van der Waals surface area contributed by atoms with Crippen LogP contribution in [0.3, 0.4) is 0 Å². The van der Waals surface area contributed by atoms with Crippen molar-refractivity contribution in [2.45, 2.75) is 25.3 Å². The fourth-order valence-electron chi connectivity index (χ4n) is 4.11. The highest BCUT2D eigenvalue weighted by atomic mass is 16.5. The van der Waals surface area contributed by atoms with Gasteiger partial charge in [-0.2, -0.15) is 4.98 Å². The van der Waals surface area contributed by atoms with Crippen molar-refractivity contribution in [2.24, 2.45) is 0 Å². The number of ether oxygens (including phenoxy) is 2. The molecule has 2 aromatic carbocycles. The number of Topliss-reactive ketones (excluding diaryl/α,β-unsaturated/α-hetero) is 1. The molecular weight excluding hydrogens is 380 g/mol. The minimum Gasteiger partial charge on any atom is -0.497 e. The van der Waals surface area contributed by atoms with Gasteiger partial charge in [-0.25, -0.2) is 4.68 Å². The van der Waals surface area contributed by atoms with Gasteiger partial charge in [0.15, 0.2) is 11.6 Å². The predicted molar refractivity (Wildman–Crippen MR) is 113 cm³/mol. The maximum atomic E-state index is 12.9. The zero-order chi connectivity index (χ0) is 20.7. The quantitative estimate of drug-likeness (QED) is 0.711. The Bertz CT molecular complexity index is 1130. The third-order valence-electron chi connectivity index (χ3n) is 5.65. The molecule has 1 aromatic heterocycles. The molecule has 1 aliphatic heterocycles. The Morgan fingerprint density at radius 1 is 0.967 bits per heavy atom. The molecule has 0 saturated heterocycles. The molecule has 3 aromatic rings. The summed E-state index contributed by atoms with van der Waals surface area (Å²) < 4.78 is 12.4. The molecule has 1 aliphatic carbocycles. The lowest BCUT2D eigenvalue weighted by molar-refractivity contribution is -0.116. The van der Waals surface area contributed by atoms with Crippen LogP contribution in [0.25, 0.3) is 11.4 Å². The molecule has 30 heavy (non-hydrogen) atoms. The Labute approximate surface area is 174 Å².